The quantitative estimate of drug-likeness (QED) is 0.628. The van der Waals surface area contributed by atoms with Gasteiger partial charge in [0.1, 0.15) is 5.75 Å². The van der Waals surface area contributed by atoms with Gasteiger partial charge in [-0.05, 0) is 18.6 Å². The molecule has 1 aromatic carbocycles. The van der Waals surface area contributed by atoms with Crippen LogP contribution in [0.25, 0.3) is 0 Å². The van der Waals surface area contributed by atoms with Crippen molar-refractivity contribution in [2.24, 2.45) is 0 Å². The number of para-hydroxylation sites is 1. The van der Waals surface area contributed by atoms with Gasteiger partial charge >= 0.3 is 0 Å². The molecule has 0 radical (unpaired) electrons. The molecule has 13 heavy (non-hydrogen) atoms. The first-order valence-corrected chi connectivity index (χ1v) is 3.71. The number of aromatic hydroxyl groups is 1. The van der Waals surface area contributed by atoms with Gasteiger partial charge in [0, 0.05) is 0 Å². The summed E-state index contributed by atoms with van der Waals surface area (Å²) in [6, 6.07) is 7.25. The molecule has 0 saturated heterocycles. The number of nitrogens with zero attached hydrogens (tertiary/aromatic N) is 3. The van der Waals surface area contributed by atoms with Gasteiger partial charge in [0.05, 0.1) is 0 Å². The van der Waals surface area contributed by atoms with Crippen molar-refractivity contribution in [3.63, 3.8) is 0 Å². The average Bonchev–Trinajstić information content (AvgIpc) is 2.68. The van der Waals surface area contributed by atoms with E-state index < -0.39 is 0 Å². The lowest BCUT2D eigenvalue weighted by Crippen LogP contribution is -1.68. The van der Waals surface area contributed by atoms with Crippen LogP contribution in [0.15, 0.2) is 30.6 Å². The minimum atomic E-state index is 0.368. The summed E-state index contributed by atoms with van der Waals surface area (Å²) < 4.78 is 0. The Balaban J connectivity index is 0.000000145. The smallest absolute Gasteiger partial charge is 0.161 e. The number of tetrazole rings is 1. The number of H-pyrrole nitrogens is 1. The first-order valence-electron chi connectivity index (χ1n) is 3.71. The summed E-state index contributed by atoms with van der Waals surface area (Å²) in [7, 11) is 0. The molecule has 0 aliphatic carbocycles. The molecule has 1 heterocycles. The van der Waals surface area contributed by atoms with E-state index >= 15 is 0 Å². The van der Waals surface area contributed by atoms with Crippen LogP contribution in [0, 0.1) is 6.92 Å². The molecule has 2 N–H and O–H groups in total. The minimum absolute atomic E-state index is 0.368. The van der Waals surface area contributed by atoms with Crippen LogP contribution in [-0.2, 0) is 0 Å². The average molecular weight is 178 g/mol. The fourth-order valence-electron chi connectivity index (χ4n) is 0.693. The van der Waals surface area contributed by atoms with E-state index in [9.17, 15) is 0 Å². The maximum absolute atomic E-state index is 8.92. The standard InChI is InChI=1S/C7H8O.CH2N4/c1-6-4-2-3-5-7(6)8;1-2-4-5-3-1/h2-5,8H,1H3;1H,(H,2,3,4,5). The molecule has 0 spiro atoms. The van der Waals surface area contributed by atoms with E-state index in [-0.39, 0.29) is 0 Å². The van der Waals surface area contributed by atoms with Gasteiger partial charge in [0.25, 0.3) is 0 Å². The van der Waals surface area contributed by atoms with E-state index in [1.807, 2.05) is 25.1 Å². The largest absolute Gasteiger partial charge is 0.508 e. The fourth-order valence-corrected chi connectivity index (χ4v) is 0.693. The molecule has 0 aliphatic rings. The molecule has 0 atom stereocenters. The highest BCUT2D eigenvalue weighted by Gasteiger charge is 1.86. The summed E-state index contributed by atoms with van der Waals surface area (Å²) in [6.45, 7) is 1.87. The maximum atomic E-state index is 8.92. The van der Waals surface area contributed by atoms with Crippen molar-refractivity contribution in [1.29, 1.82) is 0 Å². The fraction of sp³-hybridized carbons (Fsp3) is 0.125. The monoisotopic (exact) mass is 178 g/mol. The van der Waals surface area contributed by atoms with E-state index in [1.54, 1.807) is 6.07 Å². The van der Waals surface area contributed by atoms with Crippen molar-refractivity contribution in [2.75, 3.05) is 0 Å². The van der Waals surface area contributed by atoms with Crippen LogP contribution in [0.1, 0.15) is 5.56 Å². The summed E-state index contributed by atoms with van der Waals surface area (Å²) in [5.41, 5.74) is 0.924. The van der Waals surface area contributed by atoms with Crippen molar-refractivity contribution in [3.8, 4) is 5.75 Å². The number of hydrogen-bond acceptors (Lipinski definition) is 4. The van der Waals surface area contributed by atoms with Crippen LogP contribution in [0.2, 0.25) is 0 Å². The van der Waals surface area contributed by atoms with Crippen LogP contribution >= 0.6 is 0 Å². The van der Waals surface area contributed by atoms with Crippen LogP contribution in [0.4, 0.5) is 0 Å². The number of phenolic OH excluding ortho intramolecular Hbond substituents is 1. The number of hydrogen-bond donors (Lipinski definition) is 2. The predicted molar refractivity (Wildman–Crippen MR) is 47.0 cm³/mol. The zero-order valence-corrected chi connectivity index (χ0v) is 7.18. The van der Waals surface area contributed by atoms with Crippen LogP contribution in [0.5, 0.6) is 5.75 Å². The molecule has 0 amide bonds. The van der Waals surface area contributed by atoms with E-state index in [0.717, 1.165) is 5.56 Å². The number of aryl methyl sites for hydroxylation is 1. The molecule has 5 heteroatoms. The molecular formula is C8H10N4O. The Hall–Kier alpha value is -1.91. The van der Waals surface area contributed by atoms with E-state index in [4.69, 9.17) is 5.11 Å². The Morgan fingerprint density at radius 1 is 1.31 bits per heavy atom. The highest BCUT2D eigenvalue weighted by molar-refractivity contribution is 5.29. The predicted octanol–water partition coefficient (Wildman–Crippen LogP) is 0.900. The highest BCUT2D eigenvalue weighted by Crippen LogP contribution is 2.12. The molecule has 0 fully saturated rings. The second kappa shape index (κ2) is 4.87. The van der Waals surface area contributed by atoms with Crippen molar-refractivity contribution in [2.45, 2.75) is 6.92 Å². The lowest BCUT2D eigenvalue weighted by atomic mass is 10.2. The molecule has 2 aromatic rings. The Morgan fingerprint density at radius 3 is 2.38 bits per heavy atom. The SMILES string of the molecule is Cc1ccccc1O.c1nn[nH]n1. The van der Waals surface area contributed by atoms with Gasteiger partial charge in [0.2, 0.25) is 0 Å². The summed E-state index contributed by atoms with van der Waals surface area (Å²) in [5.74, 6) is 0.368. The number of phenols is 1. The molecule has 0 saturated carbocycles. The van der Waals surface area contributed by atoms with Gasteiger partial charge in [-0.25, -0.2) is 0 Å². The van der Waals surface area contributed by atoms with Crippen molar-refractivity contribution >= 4 is 0 Å². The third-order valence-electron chi connectivity index (χ3n) is 1.39. The second-order valence-electron chi connectivity index (χ2n) is 2.35. The van der Waals surface area contributed by atoms with Gasteiger partial charge in [0.15, 0.2) is 6.33 Å². The third kappa shape index (κ3) is 3.33. The Morgan fingerprint density at radius 2 is 2.08 bits per heavy atom. The summed E-state index contributed by atoms with van der Waals surface area (Å²) >= 11 is 0. The second-order valence-corrected chi connectivity index (χ2v) is 2.35. The molecule has 68 valence electrons. The molecule has 2 rings (SSSR count). The van der Waals surface area contributed by atoms with E-state index in [1.165, 1.54) is 6.33 Å². The molecule has 0 unspecified atom stereocenters. The number of rotatable bonds is 0. The summed E-state index contributed by atoms with van der Waals surface area (Å²) in [4.78, 5) is 0. The molecule has 0 aliphatic heterocycles. The van der Waals surface area contributed by atoms with E-state index in [2.05, 4.69) is 20.6 Å². The molecule has 1 aromatic heterocycles. The van der Waals surface area contributed by atoms with Gasteiger partial charge in [-0.15, -0.1) is 10.2 Å². The first kappa shape index (κ1) is 9.18. The molecule has 0 bridgehead atoms. The zero-order chi connectivity index (χ0) is 9.52. The first-order chi connectivity index (χ1) is 6.30. The van der Waals surface area contributed by atoms with Gasteiger partial charge < -0.3 is 5.11 Å². The molecular weight excluding hydrogens is 168 g/mol. The maximum Gasteiger partial charge on any atom is 0.161 e. The zero-order valence-electron chi connectivity index (χ0n) is 7.18. The van der Waals surface area contributed by atoms with Crippen LogP contribution in [0.3, 0.4) is 0 Å². The summed E-state index contributed by atoms with van der Waals surface area (Å²) in [6.07, 6.45) is 1.33. The number of nitrogens with one attached hydrogen (secondary N) is 1. The van der Waals surface area contributed by atoms with Gasteiger partial charge in [-0.3, -0.25) is 0 Å². The Bertz CT molecular complexity index is 295. The van der Waals surface area contributed by atoms with Crippen LogP contribution < -0.4 is 0 Å². The lowest BCUT2D eigenvalue weighted by Gasteiger charge is -1.92. The van der Waals surface area contributed by atoms with Gasteiger partial charge in [-0.2, -0.15) is 5.21 Å². The van der Waals surface area contributed by atoms with Gasteiger partial charge in [-0.1, -0.05) is 23.4 Å². The Labute approximate surface area is 75.4 Å². The highest BCUT2D eigenvalue weighted by atomic mass is 16.3. The number of aromatic amines is 1. The number of benzene rings is 1. The van der Waals surface area contributed by atoms with Crippen molar-refractivity contribution in [1.82, 2.24) is 20.6 Å². The van der Waals surface area contributed by atoms with Crippen LogP contribution in [-0.4, -0.2) is 25.7 Å². The molecule has 5 nitrogen and oxygen atoms in total. The van der Waals surface area contributed by atoms with Crippen molar-refractivity contribution < 1.29 is 5.11 Å². The van der Waals surface area contributed by atoms with E-state index in [0.29, 0.717) is 5.75 Å². The number of aromatic nitrogens is 4. The minimum Gasteiger partial charge on any atom is -0.508 e. The lowest BCUT2D eigenvalue weighted by molar-refractivity contribution is 0.471. The topological polar surface area (TPSA) is 74.7 Å². The Kier molecular flexibility index (Phi) is 3.44. The third-order valence-corrected chi connectivity index (χ3v) is 1.39. The van der Waals surface area contributed by atoms with Crippen molar-refractivity contribution in [3.05, 3.63) is 36.2 Å². The normalized spacial score (nSPS) is 8.69. The summed E-state index contributed by atoms with van der Waals surface area (Å²) in [5, 5.41) is 21.1.